The summed E-state index contributed by atoms with van der Waals surface area (Å²) in [5.41, 5.74) is 2.28. The Hall–Kier alpha value is -2.29. The average molecular weight is 282 g/mol. The summed E-state index contributed by atoms with van der Waals surface area (Å²) in [5, 5.41) is 6.05. The standard InChI is InChI=1S/C18H22N2O/c1-15(16-8-4-2-5-9-16)12-13-19-18(21)14-20-17-10-6-3-7-11-17/h2-11,15,20H,12-14H2,1H3,(H,19,21). The van der Waals surface area contributed by atoms with Crippen molar-refractivity contribution in [1.82, 2.24) is 5.32 Å². The molecule has 2 aromatic rings. The molecule has 2 rings (SSSR count). The van der Waals surface area contributed by atoms with Crippen LogP contribution in [0.15, 0.2) is 60.7 Å². The minimum atomic E-state index is 0.0270. The van der Waals surface area contributed by atoms with Crippen molar-refractivity contribution in [2.24, 2.45) is 0 Å². The van der Waals surface area contributed by atoms with Crippen molar-refractivity contribution >= 4 is 11.6 Å². The molecule has 0 aliphatic rings. The van der Waals surface area contributed by atoms with Gasteiger partial charge in [0, 0.05) is 12.2 Å². The van der Waals surface area contributed by atoms with Gasteiger partial charge in [-0.05, 0) is 30.0 Å². The van der Waals surface area contributed by atoms with Gasteiger partial charge in [0.2, 0.25) is 5.91 Å². The highest BCUT2D eigenvalue weighted by Crippen LogP contribution is 2.17. The Labute approximate surface area is 126 Å². The van der Waals surface area contributed by atoms with E-state index in [-0.39, 0.29) is 5.91 Å². The monoisotopic (exact) mass is 282 g/mol. The molecule has 3 heteroatoms. The summed E-state index contributed by atoms with van der Waals surface area (Å²) < 4.78 is 0. The van der Waals surface area contributed by atoms with Crippen LogP contribution in [0.3, 0.4) is 0 Å². The number of carbonyl (C=O) groups excluding carboxylic acids is 1. The lowest BCUT2D eigenvalue weighted by atomic mass is 9.98. The highest BCUT2D eigenvalue weighted by molar-refractivity contribution is 5.80. The van der Waals surface area contributed by atoms with E-state index in [2.05, 4.69) is 29.7 Å². The van der Waals surface area contributed by atoms with Crippen LogP contribution in [0.4, 0.5) is 5.69 Å². The van der Waals surface area contributed by atoms with Crippen LogP contribution < -0.4 is 10.6 Å². The lowest BCUT2D eigenvalue weighted by Gasteiger charge is -2.13. The molecule has 2 aromatic carbocycles. The first kappa shape index (κ1) is 15.1. The van der Waals surface area contributed by atoms with Crippen molar-refractivity contribution in [3.8, 4) is 0 Å². The molecule has 21 heavy (non-hydrogen) atoms. The fourth-order valence-corrected chi connectivity index (χ4v) is 2.18. The lowest BCUT2D eigenvalue weighted by Crippen LogP contribution is -2.31. The zero-order valence-corrected chi connectivity index (χ0v) is 12.4. The van der Waals surface area contributed by atoms with Gasteiger partial charge < -0.3 is 10.6 Å². The Morgan fingerprint density at radius 2 is 1.62 bits per heavy atom. The van der Waals surface area contributed by atoms with E-state index in [0.717, 1.165) is 12.1 Å². The molecule has 1 amide bonds. The Kier molecular flexibility index (Phi) is 5.83. The highest BCUT2D eigenvalue weighted by Gasteiger charge is 2.06. The van der Waals surface area contributed by atoms with E-state index in [1.807, 2.05) is 48.5 Å². The highest BCUT2D eigenvalue weighted by atomic mass is 16.1. The van der Waals surface area contributed by atoms with Gasteiger partial charge in [-0.15, -0.1) is 0 Å². The van der Waals surface area contributed by atoms with Crippen molar-refractivity contribution in [1.29, 1.82) is 0 Å². The second-order valence-electron chi connectivity index (χ2n) is 5.17. The normalized spacial score (nSPS) is 11.7. The second-order valence-corrected chi connectivity index (χ2v) is 5.17. The predicted molar refractivity (Wildman–Crippen MR) is 87.4 cm³/mol. The Morgan fingerprint density at radius 3 is 2.29 bits per heavy atom. The summed E-state index contributed by atoms with van der Waals surface area (Å²) in [6, 6.07) is 20.1. The summed E-state index contributed by atoms with van der Waals surface area (Å²) in [7, 11) is 0. The maximum atomic E-state index is 11.8. The number of anilines is 1. The second kappa shape index (κ2) is 8.10. The van der Waals surface area contributed by atoms with Gasteiger partial charge in [0.1, 0.15) is 0 Å². The fraction of sp³-hybridized carbons (Fsp3) is 0.278. The van der Waals surface area contributed by atoms with Crippen LogP contribution in [0.25, 0.3) is 0 Å². The zero-order chi connectivity index (χ0) is 14.9. The molecule has 1 unspecified atom stereocenters. The minimum Gasteiger partial charge on any atom is -0.376 e. The van der Waals surface area contributed by atoms with E-state index >= 15 is 0 Å². The predicted octanol–water partition coefficient (Wildman–Crippen LogP) is 3.41. The van der Waals surface area contributed by atoms with Crippen LogP contribution in [0, 0.1) is 0 Å². The smallest absolute Gasteiger partial charge is 0.239 e. The van der Waals surface area contributed by atoms with Crippen molar-refractivity contribution in [3.05, 3.63) is 66.2 Å². The third-order valence-corrected chi connectivity index (χ3v) is 3.49. The Bertz CT molecular complexity index is 540. The van der Waals surface area contributed by atoms with Crippen LogP contribution >= 0.6 is 0 Å². The maximum absolute atomic E-state index is 11.8. The summed E-state index contributed by atoms with van der Waals surface area (Å²) in [5.74, 6) is 0.479. The van der Waals surface area contributed by atoms with Crippen molar-refractivity contribution < 1.29 is 4.79 Å². The first-order valence-electron chi connectivity index (χ1n) is 7.36. The molecule has 3 nitrogen and oxygen atoms in total. The van der Waals surface area contributed by atoms with Gasteiger partial charge in [-0.25, -0.2) is 0 Å². The van der Waals surface area contributed by atoms with Gasteiger partial charge in [0.05, 0.1) is 6.54 Å². The Balaban J connectivity index is 1.65. The van der Waals surface area contributed by atoms with Gasteiger partial charge in [0.15, 0.2) is 0 Å². The van der Waals surface area contributed by atoms with Crippen molar-refractivity contribution in [3.63, 3.8) is 0 Å². The topological polar surface area (TPSA) is 41.1 Å². The molecule has 0 saturated carbocycles. The molecule has 0 aromatic heterocycles. The van der Waals surface area contributed by atoms with Gasteiger partial charge >= 0.3 is 0 Å². The Morgan fingerprint density at radius 1 is 1.00 bits per heavy atom. The number of para-hydroxylation sites is 1. The zero-order valence-electron chi connectivity index (χ0n) is 12.4. The quantitative estimate of drug-likeness (QED) is 0.817. The SMILES string of the molecule is CC(CCNC(=O)CNc1ccccc1)c1ccccc1. The molecular weight excluding hydrogens is 260 g/mol. The molecule has 0 aliphatic carbocycles. The van der Waals surface area contributed by atoms with E-state index in [1.165, 1.54) is 5.56 Å². The molecule has 0 saturated heterocycles. The molecule has 0 spiro atoms. The van der Waals surface area contributed by atoms with Gasteiger partial charge in [-0.3, -0.25) is 4.79 Å². The first-order valence-corrected chi connectivity index (χ1v) is 7.36. The van der Waals surface area contributed by atoms with Gasteiger partial charge in [-0.1, -0.05) is 55.5 Å². The molecule has 110 valence electrons. The number of rotatable bonds is 7. The first-order chi connectivity index (χ1) is 10.3. The van der Waals surface area contributed by atoms with Crippen LogP contribution in [-0.2, 0) is 4.79 Å². The molecule has 0 bridgehead atoms. The molecule has 2 N–H and O–H groups in total. The van der Waals surface area contributed by atoms with E-state index in [0.29, 0.717) is 19.0 Å². The third-order valence-electron chi connectivity index (χ3n) is 3.49. The summed E-state index contributed by atoms with van der Waals surface area (Å²) in [6.07, 6.45) is 0.946. The van der Waals surface area contributed by atoms with Crippen LogP contribution in [-0.4, -0.2) is 19.0 Å². The molecule has 1 atom stereocenters. The molecule has 0 fully saturated rings. The third kappa shape index (κ3) is 5.30. The molecule has 0 heterocycles. The van der Waals surface area contributed by atoms with E-state index in [9.17, 15) is 4.79 Å². The van der Waals surface area contributed by atoms with Crippen LogP contribution in [0.2, 0.25) is 0 Å². The van der Waals surface area contributed by atoms with Crippen LogP contribution in [0.5, 0.6) is 0 Å². The van der Waals surface area contributed by atoms with Crippen molar-refractivity contribution in [2.45, 2.75) is 19.3 Å². The minimum absolute atomic E-state index is 0.0270. The fourth-order valence-electron chi connectivity index (χ4n) is 2.18. The van der Waals surface area contributed by atoms with Gasteiger partial charge in [-0.2, -0.15) is 0 Å². The van der Waals surface area contributed by atoms with Gasteiger partial charge in [0.25, 0.3) is 0 Å². The average Bonchev–Trinajstić information content (AvgIpc) is 2.54. The largest absolute Gasteiger partial charge is 0.376 e. The maximum Gasteiger partial charge on any atom is 0.239 e. The summed E-state index contributed by atoms with van der Waals surface area (Å²) in [4.78, 5) is 11.8. The number of hydrogen-bond donors (Lipinski definition) is 2. The number of nitrogens with one attached hydrogen (secondary N) is 2. The number of hydrogen-bond acceptors (Lipinski definition) is 2. The molecule has 0 aliphatic heterocycles. The van der Waals surface area contributed by atoms with Crippen molar-refractivity contribution in [2.75, 3.05) is 18.4 Å². The molecule has 0 radical (unpaired) electrons. The van der Waals surface area contributed by atoms with E-state index < -0.39 is 0 Å². The number of amides is 1. The summed E-state index contributed by atoms with van der Waals surface area (Å²) >= 11 is 0. The number of benzene rings is 2. The van der Waals surface area contributed by atoms with Crippen LogP contribution in [0.1, 0.15) is 24.8 Å². The van der Waals surface area contributed by atoms with E-state index in [1.54, 1.807) is 0 Å². The van der Waals surface area contributed by atoms with E-state index in [4.69, 9.17) is 0 Å². The number of carbonyl (C=O) groups is 1. The molecular formula is C18H22N2O. The lowest BCUT2D eigenvalue weighted by molar-refractivity contribution is -0.119. The summed E-state index contributed by atoms with van der Waals surface area (Å²) in [6.45, 7) is 3.19.